The number of sulfonamides is 1. The molecule has 0 saturated carbocycles. The molecule has 0 spiro atoms. The standard InChI is InChI=1S/C22H24N4O4S/c1-30-20-11-7-6-10-18(20)21-19(16-26(23-21)17-8-4-3-5-9-17)22(27)24-12-14-25(15-13-24)31(2,28)29/h3-11,16H,12-15H2,1-2H3. The number of rotatable bonds is 5. The summed E-state index contributed by atoms with van der Waals surface area (Å²) in [4.78, 5) is 15.1. The fourth-order valence-electron chi connectivity index (χ4n) is 3.68. The molecule has 2 aromatic carbocycles. The predicted octanol–water partition coefficient (Wildman–Crippen LogP) is 2.27. The van der Waals surface area contributed by atoms with Crippen LogP contribution in [0, 0.1) is 0 Å². The molecular weight excluding hydrogens is 416 g/mol. The van der Waals surface area contributed by atoms with Crippen molar-refractivity contribution in [2.24, 2.45) is 0 Å². The first-order valence-corrected chi connectivity index (χ1v) is 11.8. The van der Waals surface area contributed by atoms with Crippen molar-refractivity contribution in [3.8, 4) is 22.7 Å². The lowest BCUT2D eigenvalue weighted by atomic mass is 10.1. The molecule has 3 aromatic rings. The monoisotopic (exact) mass is 440 g/mol. The minimum atomic E-state index is -3.27. The second kappa shape index (κ2) is 8.52. The highest BCUT2D eigenvalue weighted by atomic mass is 32.2. The third kappa shape index (κ3) is 4.33. The van der Waals surface area contributed by atoms with E-state index >= 15 is 0 Å². The van der Waals surface area contributed by atoms with Gasteiger partial charge in [-0.3, -0.25) is 4.79 Å². The fourth-order valence-corrected chi connectivity index (χ4v) is 4.50. The van der Waals surface area contributed by atoms with Gasteiger partial charge in [0.1, 0.15) is 11.4 Å². The molecular formula is C22H24N4O4S. The van der Waals surface area contributed by atoms with Gasteiger partial charge in [-0.2, -0.15) is 9.40 Å². The van der Waals surface area contributed by atoms with Crippen LogP contribution in [0.15, 0.2) is 60.8 Å². The number of methoxy groups -OCH3 is 1. The summed E-state index contributed by atoms with van der Waals surface area (Å²) in [6.45, 7) is 1.21. The van der Waals surface area contributed by atoms with Gasteiger partial charge in [-0.1, -0.05) is 30.3 Å². The number of ether oxygens (including phenoxy) is 1. The van der Waals surface area contributed by atoms with Crippen molar-refractivity contribution in [3.63, 3.8) is 0 Å². The summed E-state index contributed by atoms with van der Waals surface area (Å²) in [5, 5.41) is 4.71. The molecule has 1 aliphatic rings. The summed E-state index contributed by atoms with van der Waals surface area (Å²) in [7, 11) is -1.69. The smallest absolute Gasteiger partial charge is 0.257 e. The quantitative estimate of drug-likeness (QED) is 0.608. The topological polar surface area (TPSA) is 84.7 Å². The molecule has 1 aliphatic heterocycles. The Bertz CT molecular complexity index is 1180. The molecule has 1 aromatic heterocycles. The summed E-state index contributed by atoms with van der Waals surface area (Å²) >= 11 is 0. The van der Waals surface area contributed by atoms with Gasteiger partial charge in [0.05, 0.1) is 24.6 Å². The van der Waals surface area contributed by atoms with Gasteiger partial charge in [-0.15, -0.1) is 0 Å². The zero-order valence-electron chi connectivity index (χ0n) is 17.4. The van der Waals surface area contributed by atoms with Gasteiger partial charge in [0, 0.05) is 37.9 Å². The number of carbonyl (C=O) groups is 1. The van der Waals surface area contributed by atoms with Crippen LogP contribution in [-0.2, 0) is 10.0 Å². The van der Waals surface area contributed by atoms with Crippen LogP contribution in [0.3, 0.4) is 0 Å². The minimum Gasteiger partial charge on any atom is -0.496 e. The van der Waals surface area contributed by atoms with Gasteiger partial charge in [0.25, 0.3) is 5.91 Å². The third-order valence-electron chi connectivity index (χ3n) is 5.32. The highest BCUT2D eigenvalue weighted by Gasteiger charge is 2.30. The molecule has 9 heteroatoms. The molecule has 0 atom stereocenters. The van der Waals surface area contributed by atoms with Gasteiger partial charge in [0.2, 0.25) is 10.0 Å². The second-order valence-corrected chi connectivity index (χ2v) is 9.31. The van der Waals surface area contributed by atoms with E-state index in [1.165, 1.54) is 10.6 Å². The number of aromatic nitrogens is 2. The first-order chi connectivity index (χ1) is 14.9. The Kier molecular flexibility index (Phi) is 5.79. The molecule has 31 heavy (non-hydrogen) atoms. The van der Waals surface area contributed by atoms with E-state index < -0.39 is 10.0 Å². The van der Waals surface area contributed by atoms with Crippen molar-refractivity contribution in [1.82, 2.24) is 19.0 Å². The van der Waals surface area contributed by atoms with Crippen molar-refractivity contribution in [1.29, 1.82) is 0 Å². The van der Waals surface area contributed by atoms with E-state index in [0.29, 0.717) is 30.1 Å². The summed E-state index contributed by atoms with van der Waals surface area (Å²) in [6, 6.07) is 17.0. The Balaban J connectivity index is 1.72. The lowest BCUT2D eigenvalue weighted by molar-refractivity contribution is 0.0699. The number of benzene rings is 2. The molecule has 8 nitrogen and oxygen atoms in total. The van der Waals surface area contributed by atoms with E-state index in [1.54, 1.807) is 22.9 Å². The first kappa shape index (κ1) is 21.1. The molecule has 0 aliphatic carbocycles. The van der Waals surface area contributed by atoms with E-state index in [1.807, 2.05) is 54.6 Å². The predicted molar refractivity (Wildman–Crippen MR) is 118 cm³/mol. The Morgan fingerprint density at radius 2 is 1.61 bits per heavy atom. The molecule has 1 fully saturated rings. The second-order valence-electron chi connectivity index (χ2n) is 7.33. The maximum Gasteiger partial charge on any atom is 0.257 e. The van der Waals surface area contributed by atoms with Crippen LogP contribution in [0.2, 0.25) is 0 Å². The Morgan fingerprint density at radius 3 is 2.26 bits per heavy atom. The van der Waals surface area contributed by atoms with Crippen molar-refractivity contribution in [2.45, 2.75) is 0 Å². The van der Waals surface area contributed by atoms with Crippen LogP contribution in [0.5, 0.6) is 5.75 Å². The summed E-state index contributed by atoms with van der Waals surface area (Å²) < 4.78 is 32.2. The molecule has 4 rings (SSSR count). The Labute approximate surface area is 181 Å². The van der Waals surface area contributed by atoms with Crippen molar-refractivity contribution in [3.05, 3.63) is 66.4 Å². The van der Waals surface area contributed by atoms with Crippen LogP contribution >= 0.6 is 0 Å². The normalized spacial score (nSPS) is 15.1. The number of amides is 1. The molecule has 0 unspecified atom stereocenters. The average molecular weight is 441 g/mol. The Morgan fingerprint density at radius 1 is 0.968 bits per heavy atom. The van der Waals surface area contributed by atoms with Crippen LogP contribution in [0.4, 0.5) is 0 Å². The van der Waals surface area contributed by atoms with Gasteiger partial charge in [-0.25, -0.2) is 13.1 Å². The summed E-state index contributed by atoms with van der Waals surface area (Å²) in [5.74, 6) is 0.438. The largest absolute Gasteiger partial charge is 0.496 e. The van der Waals surface area contributed by atoms with Crippen LogP contribution < -0.4 is 4.74 Å². The van der Waals surface area contributed by atoms with Crippen LogP contribution in [0.1, 0.15) is 10.4 Å². The van der Waals surface area contributed by atoms with Crippen LogP contribution in [-0.4, -0.2) is 72.9 Å². The fraction of sp³-hybridized carbons (Fsp3) is 0.273. The van der Waals surface area contributed by atoms with E-state index in [2.05, 4.69) is 0 Å². The number of carbonyl (C=O) groups excluding carboxylic acids is 1. The zero-order chi connectivity index (χ0) is 22.0. The van der Waals surface area contributed by atoms with Gasteiger partial charge < -0.3 is 9.64 Å². The minimum absolute atomic E-state index is 0.184. The van der Waals surface area contributed by atoms with Gasteiger partial charge in [0.15, 0.2) is 0 Å². The highest BCUT2D eigenvalue weighted by molar-refractivity contribution is 7.88. The van der Waals surface area contributed by atoms with E-state index in [0.717, 1.165) is 11.3 Å². The maximum atomic E-state index is 13.5. The zero-order valence-corrected chi connectivity index (χ0v) is 18.2. The summed E-state index contributed by atoms with van der Waals surface area (Å²) in [6.07, 6.45) is 2.91. The molecule has 162 valence electrons. The maximum absolute atomic E-state index is 13.5. The van der Waals surface area contributed by atoms with Crippen LogP contribution in [0.25, 0.3) is 16.9 Å². The number of para-hydroxylation sites is 2. The number of nitrogens with zero attached hydrogens (tertiary/aromatic N) is 4. The molecule has 1 saturated heterocycles. The van der Waals surface area contributed by atoms with Crippen molar-refractivity contribution >= 4 is 15.9 Å². The highest BCUT2D eigenvalue weighted by Crippen LogP contribution is 2.32. The molecule has 0 N–H and O–H groups in total. The molecule has 0 bridgehead atoms. The van der Waals surface area contributed by atoms with E-state index in [4.69, 9.17) is 9.84 Å². The summed E-state index contributed by atoms with van der Waals surface area (Å²) in [5.41, 5.74) is 2.52. The molecule has 0 radical (unpaired) electrons. The number of piperazine rings is 1. The molecule has 2 heterocycles. The van der Waals surface area contributed by atoms with E-state index in [9.17, 15) is 13.2 Å². The third-order valence-corrected chi connectivity index (χ3v) is 6.63. The SMILES string of the molecule is COc1ccccc1-c1nn(-c2ccccc2)cc1C(=O)N1CCN(S(C)(=O)=O)CC1. The molecule has 1 amide bonds. The lowest BCUT2D eigenvalue weighted by Gasteiger charge is -2.33. The average Bonchev–Trinajstić information content (AvgIpc) is 3.24. The van der Waals surface area contributed by atoms with Gasteiger partial charge >= 0.3 is 0 Å². The number of hydrogen-bond acceptors (Lipinski definition) is 5. The lowest BCUT2D eigenvalue weighted by Crippen LogP contribution is -2.50. The van der Waals surface area contributed by atoms with Gasteiger partial charge in [-0.05, 0) is 24.3 Å². The Hall–Kier alpha value is -3.17. The first-order valence-electron chi connectivity index (χ1n) is 9.91. The number of hydrogen-bond donors (Lipinski definition) is 0. The van der Waals surface area contributed by atoms with Crippen molar-refractivity contribution in [2.75, 3.05) is 39.5 Å². The van der Waals surface area contributed by atoms with Crippen molar-refractivity contribution < 1.29 is 17.9 Å². The van der Waals surface area contributed by atoms with E-state index in [-0.39, 0.29) is 19.0 Å².